The fourth-order valence-electron chi connectivity index (χ4n) is 4.48. The van der Waals surface area contributed by atoms with Crippen molar-refractivity contribution in [3.63, 3.8) is 0 Å². The second-order valence-electron chi connectivity index (χ2n) is 8.21. The molecule has 4 nitrogen and oxygen atoms in total. The summed E-state index contributed by atoms with van der Waals surface area (Å²) >= 11 is 6.43. The number of benzene rings is 2. The van der Waals surface area contributed by atoms with Crippen LogP contribution in [0.15, 0.2) is 48.5 Å². The molecule has 0 radical (unpaired) electrons. The third-order valence-electron chi connectivity index (χ3n) is 6.05. The number of aromatic nitrogens is 4. The highest BCUT2D eigenvalue weighted by Crippen LogP contribution is 2.44. The maximum atomic E-state index is 4.57. The first-order chi connectivity index (χ1) is 15.1. The van der Waals surface area contributed by atoms with Gasteiger partial charge < -0.3 is 0 Å². The maximum Gasteiger partial charge on any atom is 0.127 e. The first-order valence-corrected chi connectivity index (χ1v) is 15.9. The molecule has 6 aromatic rings. The zero-order chi connectivity index (χ0) is 20.7. The smallest absolute Gasteiger partial charge is 0.127 e. The third-order valence-corrected chi connectivity index (χ3v) is 14.5. The minimum absolute atomic E-state index is 0.982. The minimum Gasteiger partial charge on any atom is -0.173 e. The normalized spacial score (nSPS) is 14.4. The van der Waals surface area contributed by atoms with Crippen LogP contribution < -0.4 is 9.69 Å². The fourth-order valence-corrected chi connectivity index (χ4v) is 12.8. The van der Waals surface area contributed by atoms with Crippen LogP contribution in [0.1, 0.15) is 0 Å². The van der Waals surface area contributed by atoms with E-state index in [0.717, 1.165) is 22.1 Å². The van der Waals surface area contributed by atoms with Crippen LogP contribution in [0.3, 0.4) is 0 Å². The van der Waals surface area contributed by atoms with E-state index in [1.165, 1.54) is 54.8 Å². The Morgan fingerprint density at radius 1 is 0.677 bits per heavy atom. The van der Waals surface area contributed by atoms with Crippen molar-refractivity contribution in [2.75, 3.05) is 0 Å². The van der Waals surface area contributed by atoms with E-state index in [2.05, 4.69) is 67.0 Å². The Labute approximate surface area is 195 Å². The number of fused-ring (bicyclic) bond motifs is 5. The second-order valence-corrected chi connectivity index (χ2v) is 16.0. The van der Waals surface area contributed by atoms with Crippen LogP contribution in [0.2, 0.25) is 13.1 Å². The van der Waals surface area contributed by atoms with E-state index < -0.39 is 8.07 Å². The van der Waals surface area contributed by atoms with Gasteiger partial charge >= 0.3 is 0 Å². The van der Waals surface area contributed by atoms with Crippen LogP contribution in [0.5, 0.6) is 0 Å². The van der Waals surface area contributed by atoms with Gasteiger partial charge in [0.25, 0.3) is 0 Å². The summed E-state index contributed by atoms with van der Waals surface area (Å²) in [6.45, 7) is 4.95. The predicted molar refractivity (Wildman–Crippen MR) is 137 cm³/mol. The Kier molecular flexibility index (Phi) is 3.75. The van der Waals surface area contributed by atoms with Crippen LogP contribution in [0.25, 0.3) is 53.4 Å². The van der Waals surface area contributed by atoms with E-state index in [4.69, 9.17) is 0 Å². The lowest BCUT2D eigenvalue weighted by atomic mass is 10.1. The largest absolute Gasteiger partial charge is 0.173 e. The van der Waals surface area contributed by atoms with Crippen molar-refractivity contribution in [1.82, 2.24) is 17.5 Å². The van der Waals surface area contributed by atoms with Crippen molar-refractivity contribution < 1.29 is 0 Å². The number of thiophene rings is 2. The van der Waals surface area contributed by atoms with Gasteiger partial charge in [0.1, 0.15) is 30.1 Å². The molecule has 5 heterocycles. The molecular weight excluding hydrogens is 477 g/mol. The van der Waals surface area contributed by atoms with Crippen LogP contribution in [-0.4, -0.2) is 25.6 Å². The van der Waals surface area contributed by atoms with E-state index >= 15 is 0 Å². The second kappa shape index (κ2) is 6.36. The summed E-state index contributed by atoms with van der Waals surface area (Å²) in [6, 6.07) is 17.4. The molecule has 0 fully saturated rings. The summed E-state index contributed by atoms with van der Waals surface area (Å²) in [7, 11) is -1.75. The third kappa shape index (κ3) is 2.49. The number of hydrogen-bond donors (Lipinski definition) is 0. The standard InChI is InChI=1S/C22H14N4S4Si/c1-31(2)18-10-17(12-6-4-8-15-20(12)26-30-24-15)27-21(18)13-9-16(28-22(13)31)11-5-3-7-14-19(11)25-29-23-14/h3-10H,1-2H3. The average Bonchev–Trinajstić information content (AvgIpc) is 3.57. The number of nitrogens with zero attached hydrogens (tertiary/aromatic N) is 4. The van der Waals surface area contributed by atoms with Gasteiger partial charge in [0.05, 0.1) is 23.5 Å². The topological polar surface area (TPSA) is 51.6 Å². The van der Waals surface area contributed by atoms with Gasteiger partial charge in [-0.05, 0) is 29.5 Å². The highest BCUT2D eigenvalue weighted by atomic mass is 32.1. The van der Waals surface area contributed by atoms with Crippen LogP contribution in [0, 0.1) is 0 Å². The lowest BCUT2D eigenvalue weighted by Gasteiger charge is -2.15. The highest BCUT2D eigenvalue weighted by molar-refractivity contribution is 7.35. The molecule has 1 aliphatic heterocycles. The molecule has 31 heavy (non-hydrogen) atoms. The molecule has 0 N–H and O–H groups in total. The van der Waals surface area contributed by atoms with Crippen molar-refractivity contribution in [2.24, 2.45) is 0 Å². The Morgan fingerprint density at radius 3 is 1.94 bits per heavy atom. The van der Waals surface area contributed by atoms with E-state index in [1.54, 1.807) is 9.69 Å². The monoisotopic (exact) mass is 490 g/mol. The molecule has 9 heteroatoms. The minimum atomic E-state index is -1.75. The van der Waals surface area contributed by atoms with Gasteiger partial charge in [0.15, 0.2) is 0 Å². The van der Waals surface area contributed by atoms with E-state index in [1.807, 2.05) is 34.8 Å². The summed E-state index contributed by atoms with van der Waals surface area (Å²) < 4.78 is 19.6. The SMILES string of the molecule is C[Si]1(C)c2cc(-c3cccc4nsnc34)sc2-c2cc(-c3cccc4nsnc34)sc21. The lowest BCUT2D eigenvalue weighted by molar-refractivity contribution is 1.64. The molecule has 1 aliphatic rings. The quantitative estimate of drug-likeness (QED) is 0.281. The number of hydrogen-bond acceptors (Lipinski definition) is 8. The summed E-state index contributed by atoms with van der Waals surface area (Å²) in [4.78, 5) is 4.04. The average molecular weight is 491 g/mol. The Hall–Kier alpha value is -2.30. The fraction of sp³-hybridized carbons (Fsp3) is 0.0909. The predicted octanol–water partition coefficient (Wildman–Crippen LogP) is 5.96. The summed E-state index contributed by atoms with van der Waals surface area (Å²) in [5.41, 5.74) is 7.82. The van der Waals surface area contributed by atoms with Crippen molar-refractivity contribution in [1.29, 1.82) is 0 Å². The molecule has 0 aliphatic carbocycles. The molecule has 150 valence electrons. The first-order valence-electron chi connectivity index (χ1n) is 9.83. The van der Waals surface area contributed by atoms with Crippen molar-refractivity contribution >= 4 is 86.0 Å². The molecule has 4 aromatic heterocycles. The molecule has 0 atom stereocenters. The first kappa shape index (κ1) is 18.3. The van der Waals surface area contributed by atoms with E-state index in [-0.39, 0.29) is 0 Å². The molecule has 7 rings (SSSR count). The molecule has 0 saturated carbocycles. The van der Waals surface area contributed by atoms with Crippen molar-refractivity contribution in [3.05, 3.63) is 48.5 Å². The highest BCUT2D eigenvalue weighted by Gasteiger charge is 2.41. The zero-order valence-corrected chi connectivity index (χ0v) is 20.8. The van der Waals surface area contributed by atoms with Gasteiger partial charge in [-0.2, -0.15) is 17.5 Å². The van der Waals surface area contributed by atoms with Gasteiger partial charge in [-0.25, -0.2) is 0 Å². The number of rotatable bonds is 2. The van der Waals surface area contributed by atoms with Gasteiger partial charge in [0, 0.05) is 35.8 Å². The van der Waals surface area contributed by atoms with Gasteiger partial charge in [-0.15, -0.1) is 22.7 Å². The van der Waals surface area contributed by atoms with Crippen molar-refractivity contribution in [3.8, 4) is 31.3 Å². The molecule has 2 aromatic carbocycles. The van der Waals surface area contributed by atoms with Gasteiger partial charge in [0.2, 0.25) is 0 Å². The maximum absolute atomic E-state index is 4.57. The molecule has 0 saturated heterocycles. The van der Waals surface area contributed by atoms with Crippen LogP contribution >= 0.6 is 46.1 Å². The van der Waals surface area contributed by atoms with Crippen LogP contribution in [-0.2, 0) is 0 Å². The summed E-state index contributed by atoms with van der Waals surface area (Å²) in [6.07, 6.45) is 0. The zero-order valence-electron chi connectivity index (χ0n) is 16.5. The summed E-state index contributed by atoms with van der Waals surface area (Å²) in [5, 5.41) is 1.55. The van der Waals surface area contributed by atoms with Crippen LogP contribution in [0.4, 0.5) is 0 Å². The Balaban J connectivity index is 1.42. The molecule has 0 bridgehead atoms. The lowest BCUT2D eigenvalue weighted by Crippen LogP contribution is -2.47. The summed E-state index contributed by atoms with van der Waals surface area (Å²) in [5.74, 6) is 0. The van der Waals surface area contributed by atoms with E-state index in [0.29, 0.717) is 0 Å². The molecule has 0 spiro atoms. The van der Waals surface area contributed by atoms with Crippen molar-refractivity contribution in [2.45, 2.75) is 13.1 Å². The molecule has 0 unspecified atom stereocenters. The van der Waals surface area contributed by atoms with Gasteiger partial charge in [-0.3, -0.25) is 0 Å². The van der Waals surface area contributed by atoms with Gasteiger partial charge in [-0.1, -0.05) is 37.4 Å². The molecule has 0 amide bonds. The molecular formula is C22H14N4S4Si. The Bertz CT molecular complexity index is 1520. The Morgan fingerprint density at radius 2 is 1.29 bits per heavy atom. The van der Waals surface area contributed by atoms with E-state index in [9.17, 15) is 0 Å².